The average molecular weight is 299 g/mol. The minimum atomic E-state index is -0.780. The minimum absolute atomic E-state index is 0.0295. The zero-order valence-electron chi connectivity index (χ0n) is 12.2. The van der Waals surface area contributed by atoms with Crippen LogP contribution in [0.25, 0.3) is 0 Å². The van der Waals surface area contributed by atoms with E-state index in [1.165, 1.54) is 12.2 Å². The van der Waals surface area contributed by atoms with Crippen LogP contribution in [0.5, 0.6) is 0 Å². The zero-order valence-corrected chi connectivity index (χ0v) is 13.1. The van der Waals surface area contributed by atoms with E-state index in [2.05, 4.69) is 12.2 Å². The lowest BCUT2D eigenvalue weighted by Crippen LogP contribution is -2.39. The highest BCUT2D eigenvalue weighted by molar-refractivity contribution is 8.00. The van der Waals surface area contributed by atoms with E-state index < -0.39 is 5.97 Å². The fourth-order valence-corrected chi connectivity index (χ4v) is 4.77. The molecule has 4 nitrogen and oxygen atoms in total. The van der Waals surface area contributed by atoms with Gasteiger partial charge in [-0.15, -0.1) is 0 Å². The Bertz CT molecular complexity index is 371. The molecule has 1 atom stereocenters. The van der Waals surface area contributed by atoms with E-state index in [4.69, 9.17) is 5.11 Å². The minimum Gasteiger partial charge on any atom is -0.481 e. The largest absolute Gasteiger partial charge is 0.481 e. The van der Waals surface area contributed by atoms with Crippen LogP contribution in [0, 0.1) is 5.41 Å². The molecule has 0 aromatic heterocycles. The zero-order chi connectivity index (χ0) is 14.6. The van der Waals surface area contributed by atoms with Gasteiger partial charge in [0, 0.05) is 17.7 Å². The first kappa shape index (κ1) is 15.7. The van der Waals surface area contributed by atoms with E-state index >= 15 is 0 Å². The molecule has 20 heavy (non-hydrogen) atoms. The molecular weight excluding hydrogens is 274 g/mol. The summed E-state index contributed by atoms with van der Waals surface area (Å²) in [7, 11) is 0. The Morgan fingerprint density at radius 1 is 1.15 bits per heavy atom. The molecule has 1 amide bonds. The monoisotopic (exact) mass is 299 g/mol. The maximum absolute atomic E-state index is 12.2. The quantitative estimate of drug-likeness (QED) is 0.791. The molecule has 1 saturated carbocycles. The van der Waals surface area contributed by atoms with E-state index in [1.807, 2.05) is 11.8 Å². The first-order valence-corrected chi connectivity index (χ1v) is 8.54. The van der Waals surface area contributed by atoms with Gasteiger partial charge in [0.25, 0.3) is 0 Å². The van der Waals surface area contributed by atoms with E-state index in [0.29, 0.717) is 13.0 Å². The van der Waals surface area contributed by atoms with E-state index in [9.17, 15) is 9.59 Å². The fraction of sp³-hybridized carbons (Fsp3) is 0.867. The highest BCUT2D eigenvalue weighted by Gasteiger charge is 2.38. The summed E-state index contributed by atoms with van der Waals surface area (Å²) < 4.78 is 0.172. The van der Waals surface area contributed by atoms with Crippen molar-refractivity contribution in [2.45, 2.75) is 63.0 Å². The summed E-state index contributed by atoms with van der Waals surface area (Å²) in [5, 5.41) is 12.1. The van der Waals surface area contributed by atoms with Gasteiger partial charge in [0.1, 0.15) is 0 Å². The fourth-order valence-electron chi connectivity index (χ4n) is 3.53. The van der Waals surface area contributed by atoms with Gasteiger partial charge in [-0.05, 0) is 43.8 Å². The summed E-state index contributed by atoms with van der Waals surface area (Å²) in [5.74, 6) is 0.426. The van der Waals surface area contributed by atoms with Crippen LogP contribution in [0.1, 0.15) is 58.3 Å². The SMILES string of the molecule is CC1(CNC(=O)CC2(CC(=O)O)CCCC2)CCCS1. The van der Waals surface area contributed by atoms with Gasteiger partial charge in [-0.3, -0.25) is 9.59 Å². The van der Waals surface area contributed by atoms with Gasteiger partial charge in [0.05, 0.1) is 6.42 Å². The number of hydrogen-bond acceptors (Lipinski definition) is 3. The molecular formula is C15H25NO3S. The molecule has 2 aliphatic rings. The summed E-state index contributed by atoms with van der Waals surface area (Å²) in [6, 6.07) is 0. The highest BCUT2D eigenvalue weighted by Crippen LogP contribution is 2.44. The van der Waals surface area contributed by atoms with Gasteiger partial charge in [0.15, 0.2) is 0 Å². The van der Waals surface area contributed by atoms with Gasteiger partial charge in [-0.25, -0.2) is 0 Å². The molecule has 1 aliphatic carbocycles. The lowest BCUT2D eigenvalue weighted by Gasteiger charge is -2.28. The molecule has 1 unspecified atom stereocenters. The van der Waals surface area contributed by atoms with Crippen LogP contribution in [-0.2, 0) is 9.59 Å². The standard InChI is InChI=1S/C15H25NO3S/c1-14(5-4-8-20-14)11-16-12(17)9-15(10-13(18)19)6-2-3-7-15/h2-11H2,1H3,(H,16,17)(H,18,19). The molecule has 2 N–H and O–H groups in total. The third-order valence-corrected chi connectivity index (χ3v) is 6.22. The van der Waals surface area contributed by atoms with Gasteiger partial charge in [-0.2, -0.15) is 11.8 Å². The maximum atomic E-state index is 12.2. The van der Waals surface area contributed by atoms with E-state index in [1.54, 1.807) is 0 Å². The normalized spacial score (nSPS) is 28.4. The molecule has 0 radical (unpaired) electrons. The molecule has 1 saturated heterocycles. The lowest BCUT2D eigenvalue weighted by molar-refractivity contribution is -0.140. The van der Waals surface area contributed by atoms with Gasteiger partial charge in [-0.1, -0.05) is 12.8 Å². The summed E-state index contributed by atoms with van der Waals surface area (Å²) in [5.41, 5.74) is -0.292. The van der Waals surface area contributed by atoms with Crippen LogP contribution >= 0.6 is 11.8 Å². The number of carbonyl (C=O) groups excluding carboxylic acids is 1. The number of thioether (sulfide) groups is 1. The Hall–Kier alpha value is -0.710. The Kier molecular flexibility index (Phi) is 4.99. The number of carboxylic acids is 1. The number of nitrogens with one attached hydrogen (secondary N) is 1. The Labute approximate surface area is 125 Å². The Balaban J connectivity index is 1.84. The van der Waals surface area contributed by atoms with Crippen molar-refractivity contribution in [3.8, 4) is 0 Å². The van der Waals surface area contributed by atoms with Gasteiger partial charge < -0.3 is 10.4 Å². The van der Waals surface area contributed by atoms with Crippen LogP contribution in [0.2, 0.25) is 0 Å². The van der Waals surface area contributed by atoms with Crippen molar-refractivity contribution in [1.82, 2.24) is 5.32 Å². The molecule has 1 aliphatic heterocycles. The number of amides is 1. The molecule has 0 aromatic rings. The molecule has 0 bridgehead atoms. The summed E-state index contributed by atoms with van der Waals surface area (Å²) in [4.78, 5) is 23.2. The van der Waals surface area contributed by atoms with Crippen LogP contribution in [0.3, 0.4) is 0 Å². The van der Waals surface area contributed by atoms with Crippen LogP contribution in [-0.4, -0.2) is 34.0 Å². The molecule has 0 spiro atoms. The third kappa shape index (κ3) is 4.14. The van der Waals surface area contributed by atoms with Gasteiger partial charge >= 0.3 is 5.97 Å². The molecule has 5 heteroatoms. The van der Waals surface area contributed by atoms with Crippen molar-refractivity contribution in [2.24, 2.45) is 5.41 Å². The van der Waals surface area contributed by atoms with Crippen molar-refractivity contribution >= 4 is 23.6 Å². The maximum Gasteiger partial charge on any atom is 0.303 e. The smallest absolute Gasteiger partial charge is 0.303 e. The number of aliphatic carboxylic acids is 1. The lowest BCUT2D eigenvalue weighted by atomic mass is 9.79. The van der Waals surface area contributed by atoms with E-state index in [-0.39, 0.29) is 22.5 Å². The average Bonchev–Trinajstić information content (AvgIpc) is 2.97. The molecule has 2 fully saturated rings. The number of carboxylic acid groups (broad SMARTS) is 1. The highest BCUT2D eigenvalue weighted by atomic mass is 32.2. The second kappa shape index (κ2) is 6.37. The predicted molar refractivity (Wildman–Crippen MR) is 80.9 cm³/mol. The topological polar surface area (TPSA) is 66.4 Å². The van der Waals surface area contributed by atoms with Crippen LogP contribution < -0.4 is 5.32 Å². The second-order valence-corrected chi connectivity index (χ2v) is 8.32. The Morgan fingerprint density at radius 3 is 2.40 bits per heavy atom. The first-order chi connectivity index (χ1) is 9.43. The number of rotatable bonds is 6. The van der Waals surface area contributed by atoms with Gasteiger partial charge in [0.2, 0.25) is 5.91 Å². The third-order valence-electron chi connectivity index (χ3n) is 4.69. The number of hydrogen-bond donors (Lipinski definition) is 2. The van der Waals surface area contributed by atoms with Crippen LogP contribution in [0.15, 0.2) is 0 Å². The first-order valence-electron chi connectivity index (χ1n) is 7.56. The Morgan fingerprint density at radius 2 is 1.85 bits per heavy atom. The van der Waals surface area contributed by atoms with Crippen molar-refractivity contribution in [1.29, 1.82) is 0 Å². The summed E-state index contributed by atoms with van der Waals surface area (Å²) in [6.45, 7) is 2.91. The predicted octanol–water partition coefficient (Wildman–Crippen LogP) is 2.81. The number of carbonyl (C=O) groups is 2. The molecule has 0 aromatic carbocycles. The van der Waals surface area contributed by atoms with Crippen LogP contribution in [0.4, 0.5) is 0 Å². The summed E-state index contributed by atoms with van der Waals surface area (Å²) >= 11 is 1.93. The van der Waals surface area contributed by atoms with Crippen molar-refractivity contribution in [2.75, 3.05) is 12.3 Å². The molecule has 114 valence electrons. The van der Waals surface area contributed by atoms with Crippen molar-refractivity contribution in [3.05, 3.63) is 0 Å². The van der Waals surface area contributed by atoms with E-state index in [0.717, 1.165) is 32.1 Å². The molecule has 1 heterocycles. The summed E-state index contributed by atoms with van der Waals surface area (Å²) in [6.07, 6.45) is 6.73. The van der Waals surface area contributed by atoms with Crippen molar-refractivity contribution < 1.29 is 14.7 Å². The second-order valence-electron chi connectivity index (χ2n) is 6.63. The molecule has 2 rings (SSSR count). The van der Waals surface area contributed by atoms with Crippen molar-refractivity contribution in [3.63, 3.8) is 0 Å².